The van der Waals surface area contributed by atoms with Crippen molar-refractivity contribution in [1.82, 2.24) is 76.5 Å². The summed E-state index contributed by atoms with van der Waals surface area (Å²) >= 11 is 1.13. The lowest BCUT2D eigenvalue weighted by molar-refractivity contribution is -0.138. The Bertz CT molecular complexity index is 2600. The predicted molar refractivity (Wildman–Crippen MR) is 355 cm³/mol. The number of ketones is 2. The van der Waals surface area contributed by atoms with Crippen LogP contribution in [0.25, 0.3) is 0 Å². The van der Waals surface area contributed by atoms with Gasteiger partial charge in [0.2, 0.25) is 41.4 Å². The summed E-state index contributed by atoms with van der Waals surface area (Å²) in [6.07, 6.45) is 11.6. The number of hydrogen-bond acceptors (Lipinski definition) is 24. The zero-order valence-electron chi connectivity index (χ0n) is 57.7. The number of unbranched alkanes of at least 4 members (excludes halogenated alkanes) is 4. The highest BCUT2D eigenvalue weighted by atomic mass is 32.2. The number of Topliss-reactive ketones (excluding diaryl/α,β-unsaturated/α-hetero) is 2. The zero-order chi connectivity index (χ0) is 70.1. The zero-order valence-corrected chi connectivity index (χ0v) is 58.5. The van der Waals surface area contributed by atoms with Gasteiger partial charge in [-0.15, -0.1) is 27.1 Å². The molecule has 7 amide bonds. The molecule has 3 aromatic heterocycles. The molecule has 32 nitrogen and oxygen atoms in total. The van der Waals surface area contributed by atoms with E-state index in [1.807, 2.05) is 0 Å². The Morgan fingerprint density at radius 1 is 0.495 bits per heavy atom. The monoisotopic (exact) mass is 1390 g/mol. The van der Waals surface area contributed by atoms with Gasteiger partial charge in [-0.1, -0.05) is 48.2 Å². The van der Waals surface area contributed by atoms with Crippen molar-refractivity contribution in [3.8, 4) is 0 Å². The number of rotatable bonds is 61. The van der Waals surface area contributed by atoms with Crippen molar-refractivity contribution < 1.29 is 81.0 Å². The maximum Gasteiger partial charge on any atom is 0.242 e. The van der Waals surface area contributed by atoms with Crippen molar-refractivity contribution >= 4 is 64.7 Å². The van der Waals surface area contributed by atoms with Gasteiger partial charge in [0, 0.05) is 130 Å². The van der Waals surface area contributed by atoms with Crippen LogP contribution in [0.1, 0.15) is 159 Å². The molecule has 0 aromatic carbocycles. The number of hydrogen-bond donors (Lipinski definition) is 5. The van der Waals surface area contributed by atoms with E-state index in [1.165, 1.54) is 11.3 Å². The molecule has 1 saturated heterocycles. The second-order valence-corrected chi connectivity index (χ2v) is 24.8. The Kier molecular flexibility index (Phi) is 43.1. The van der Waals surface area contributed by atoms with Crippen molar-refractivity contribution in [1.29, 1.82) is 0 Å². The number of amides is 7. The summed E-state index contributed by atoms with van der Waals surface area (Å²) < 4.78 is 49.8. The van der Waals surface area contributed by atoms with Gasteiger partial charge in [-0.3, -0.25) is 62.1 Å². The van der Waals surface area contributed by atoms with Crippen LogP contribution in [0.3, 0.4) is 0 Å². The number of carbonyl (C=O) groups excluding carboxylic acids is 9. The van der Waals surface area contributed by atoms with Gasteiger partial charge in [-0.05, 0) is 51.9 Å². The van der Waals surface area contributed by atoms with Crippen LogP contribution < -0.4 is 26.6 Å². The van der Waals surface area contributed by atoms with Crippen LogP contribution in [0, 0.1) is 0 Å². The molecule has 1 aliphatic rings. The number of imide groups is 1. The number of ether oxygens (including phenoxy) is 8. The first kappa shape index (κ1) is 82.7. The van der Waals surface area contributed by atoms with Crippen LogP contribution in [-0.2, 0) is 122 Å². The van der Waals surface area contributed by atoms with Crippen LogP contribution >= 0.6 is 11.8 Å². The summed E-state index contributed by atoms with van der Waals surface area (Å²) in [5, 5.41) is 37.4. The van der Waals surface area contributed by atoms with Gasteiger partial charge in [0.1, 0.15) is 22.9 Å². The third kappa shape index (κ3) is 38.3. The summed E-state index contributed by atoms with van der Waals surface area (Å²) in [7, 11) is 5.28. The molecule has 4 rings (SSSR count). The summed E-state index contributed by atoms with van der Waals surface area (Å²) in [6, 6.07) is -1.03. The normalized spacial score (nSPS) is 13.5. The summed E-state index contributed by atoms with van der Waals surface area (Å²) in [4.78, 5) is 121. The summed E-state index contributed by atoms with van der Waals surface area (Å²) in [5.74, 6) is -2.86. The van der Waals surface area contributed by atoms with Gasteiger partial charge in [0.05, 0.1) is 122 Å². The van der Waals surface area contributed by atoms with E-state index in [9.17, 15) is 43.2 Å². The van der Waals surface area contributed by atoms with E-state index in [2.05, 4.69) is 64.4 Å². The Morgan fingerprint density at radius 2 is 0.959 bits per heavy atom. The topological polar surface area (TPSA) is 383 Å². The smallest absolute Gasteiger partial charge is 0.242 e. The molecule has 546 valence electrons. The fourth-order valence-corrected chi connectivity index (χ4v) is 11.3. The van der Waals surface area contributed by atoms with Crippen LogP contribution in [0.5, 0.6) is 0 Å². The fourth-order valence-electron chi connectivity index (χ4n) is 10.1. The average molecular weight is 1390 g/mol. The molecular formula is C64H107N15O17S. The number of thioether (sulfide) groups is 1. The highest BCUT2D eigenvalue weighted by Crippen LogP contribution is 2.28. The average Bonchev–Trinajstić information content (AvgIpc) is 1.80. The quantitative estimate of drug-likeness (QED) is 0.0399. The van der Waals surface area contributed by atoms with E-state index >= 15 is 0 Å². The van der Waals surface area contributed by atoms with Crippen molar-refractivity contribution in [2.45, 2.75) is 179 Å². The van der Waals surface area contributed by atoms with Gasteiger partial charge in [-0.25, -0.2) is 0 Å². The molecule has 0 saturated carbocycles. The second-order valence-electron chi connectivity index (χ2n) is 23.6. The SMILES string of the molecule is CCCCCCCNC(=O)CCOCCOCCCC(=O)[C@H](CSC1CC(=O)N(CC)C1=O)NC(=O)CCCC(=O)NC(CCC(=O)CCCOCCOCc1cn(C)nn1)(CCC(=O)NCCOCCOCc1cn(C)nn1)CCC(=O)NCCOCCOCc1cn(C)nn1. The third-order valence-corrected chi connectivity index (χ3v) is 16.6. The lowest BCUT2D eigenvalue weighted by atomic mass is 9.82. The van der Waals surface area contributed by atoms with E-state index in [-0.39, 0.29) is 242 Å². The first-order chi connectivity index (χ1) is 47.0. The molecule has 97 heavy (non-hydrogen) atoms. The van der Waals surface area contributed by atoms with E-state index in [4.69, 9.17) is 37.9 Å². The molecule has 3 aromatic rings. The maximum absolute atomic E-state index is 14.2. The number of aryl methyl sites for hydroxylation is 3. The largest absolute Gasteiger partial charge is 0.379 e. The second kappa shape index (κ2) is 50.6. The van der Waals surface area contributed by atoms with Crippen LogP contribution in [0.4, 0.5) is 0 Å². The molecule has 1 unspecified atom stereocenters. The molecule has 2 atom stereocenters. The van der Waals surface area contributed by atoms with E-state index in [0.717, 1.165) is 37.4 Å². The van der Waals surface area contributed by atoms with Crippen molar-refractivity contribution in [3.63, 3.8) is 0 Å². The van der Waals surface area contributed by atoms with Crippen molar-refractivity contribution in [2.24, 2.45) is 21.1 Å². The fraction of sp³-hybridized carbons (Fsp3) is 0.766. The highest BCUT2D eigenvalue weighted by Gasteiger charge is 2.39. The van der Waals surface area contributed by atoms with E-state index in [1.54, 1.807) is 60.7 Å². The summed E-state index contributed by atoms with van der Waals surface area (Å²) in [6.45, 7) is 9.22. The minimum atomic E-state index is -1.25. The van der Waals surface area contributed by atoms with E-state index in [0.29, 0.717) is 49.7 Å². The maximum atomic E-state index is 14.2. The van der Waals surface area contributed by atoms with Crippen LogP contribution in [0.15, 0.2) is 18.6 Å². The Labute approximate surface area is 573 Å². The lowest BCUT2D eigenvalue weighted by Crippen LogP contribution is -2.50. The van der Waals surface area contributed by atoms with Crippen LogP contribution in [-0.4, -0.2) is 237 Å². The number of likely N-dealkylation sites (tertiary alicyclic amines) is 1. The third-order valence-electron chi connectivity index (χ3n) is 15.3. The van der Waals surface area contributed by atoms with Gasteiger partial charge in [0.15, 0.2) is 5.78 Å². The number of carbonyl (C=O) groups is 9. The first-order valence-electron chi connectivity index (χ1n) is 34.1. The molecule has 1 aliphatic heterocycles. The molecule has 0 bridgehead atoms. The van der Waals surface area contributed by atoms with Gasteiger partial charge < -0.3 is 64.5 Å². The number of nitrogens with zero attached hydrogens (tertiary/aromatic N) is 10. The molecule has 0 radical (unpaired) electrons. The number of aromatic nitrogens is 9. The van der Waals surface area contributed by atoms with Gasteiger partial charge in [0.25, 0.3) is 0 Å². The Balaban J connectivity index is 1.36. The minimum absolute atomic E-state index is 0.00156. The molecule has 0 spiro atoms. The summed E-state index contributed by atoms with van der Waals surface area (Å²) in [5.41, 5.74) is 0.781. The molecule has 33 heteroatoms. The van der Waals surface area contributed by atoms with Crippen molar-refractivity contribution in [3.05, 3.63) is 35.7 Å². The number of nitrogens with one attached hydrogen (secondary N) is 5. The van der Waals surface area contributed by atoms with Crippen LogP contribution in [0.2, 0.25) is 0 Å². The first-order valence-corrected chi connectivity index (χ1v) is 35.1. The highest BCUT2D eigenvalue weighted by molar-refractivity contribution is 8.00. The van der Waals surface area contributed by atoms with Gasteiger partial charge in [-0.2, -0.15) is 0 Å². The molecular weight excluding hydrogens is 1280 g/mol. The predicted octanol–water partition coefficient (Wildman–Crippen LogP) is 2.24. The Morgan fingerprint density at radius 3 is 1.46 bits per heavy atom. The Hall–Kier alpha value is -6.72. The van der Waals surface area contributed by atoms with E-state index < -0.39 is 28.6 Å². The molecule has 4 heterocycles. The lowest BCUT2D eigenvalue weighted by Gasteiger charge is -2.35. The minimum Gasteiger partial charge on any atom is -0.379 e. The molecule has 5 N–H and O–H groups in total. The standard InChI is InChI=1S/C64H107N15O17S/c1-6-8-9-10-11-26-65-59(84)22-31-91-35-34-90-30-14-16-55(81)54(49-97-56-42-62(87)79(7-2)63(56)88)68-60(85)17-12-18-61(86)69-64(23-19-53(80)15-13-29-89-36-39-94-46-50-43-76(3)73-70-50,24-20-57(82)66-27-32-92-37-40-95-47-51-44-77(4)74-71-51)25-21-58(83)67-28-33-93-38-41-96-48-52-45-78(5)75-72-52/h43-45,54,56H,6-42,46-49H2,1-5H3,(H,65,84)(H,66,82)(H,67,83)(H,68,85)(H,69,86)/t54-,56?/m0/s1. The molecule has 1 fully saturated rings. The molecule has 0 aliphatic carbocycles. The van der Waals surface area contributed by atoms with Crippen molar-refractivity contribution in [2.75, 3.05) is 118 Å². The van der Waals surface area contributed by atoms with Gasteiger partial charge >= 0.3 is 0 Å².